The maximum Gasteiger partial charge on any atom is 0.416 e. The fourth-order valence-electron chi connectivity index (χ4n) is 4.61. The van der Waals surface area contributed by atoms with Gasteiger partial charge < -0.3 is 9.80 Å². The lowest BCUT2D eigenvalue weighted by molar-refractivity contribution is -0.137. The number of amides is 1. The minimum Gasteiger partial charge on any atom is -0.338 e. The first-order valence-electron chi connectivity index (χ1n) is 10.2. The number of nitrogens with zero attached hydrogens (tertiary/aromatic N) is 2. The van der Waals surface area contributed by atoms with Crippen LogP contribution in [0.1, 0.15) is 40.2 Å². The second kappa shape index (κ2) is 8.19. The first kappa shape index (κ1) is 20.0. The Morgan fingerprint density at radius 3 is 2.38 bits per heavy atom. The van der Waals surface area contributed by atoms with Crippen LogP contribution >= 0.6 is 0 Å². The highest BCUT2D eigenvalue weighted by atomic mass is 19.4. The van der Waals surface area contributed by atoms with Crippen molar-refractivity contribution < 1.29 is 18.0 Å². The lowest BCUT2D eigenvalue weighted by Crippen LogP contribution is -2.32. The van der Waals surface area contributed by atoms with Gasteiger partial charge in [0.15, 0.2) is 0 Å². The standard InChI is InChI=1S/C23H25F3N2O/c24-23(25,26)20-10-6-9-18(13-20)22(29)28-15-19(14-27-11-4-5-12-27)21(16-28)17-7-2-1-3-8-17/h1-3,6-10,13,19,21H,4-5,11-12,14-16H2. The van der Waals surface area contributed by atoms with Crippen molar-refractivity contribution in [1.82, 2.24) is 9.80 Å². The zero-order valence-corrected chi connectivity index (χ0v) is 16.2. The normalized spacial score (nSPS) is 22.9. The van der Waals surface area contributed by atoms with Crippen LogP contribution in [0.5, 0.6) is 0 Å². The van der Waals surface area contributed by atoms with E-state index >= 15 is 0 Å². The van der Waals surface area contributed by atoms with E-state index in [1.165, 1.54) is 30.5 Å². The summed E-state index contributed by atoms with van der Waals surface area (Å²) in [5, 5.41) is 0. The highest BCUT2D eigenvalue weighted by molar-refractivity contribution is 5.94. The van der Waals surface area contributed by atoms with E-state index in [1.54, 1.807) is 4.90 Å². The molecule has 0 N–H and O–H groups in total. The Labute approximate surface area is 169 Å². The molecule has 0 aliphatic carbocycles. The Morgan fingerprint density at radius 2 is 1.69 bits per heavy atom. The maximum absolute atomic E-state index is 13.1. The highest BCUT2D eigenvalue weighted by Gasteiger charge is 2.38. The van der Waals surface area contributed by atoms with Crippen LogP contribution in [-0.4, -0.2) is 48.4 Å². The Balaban J connectivity index is 1.55. The molecule has 0 saturated carbocycles. The third-order valence-electron chi connectivity index (χ3n) is 6.08. The Hall–Kier alpha value is -2.34. The molecule has 2 aromatic carbocycles. The summed E-state index contributed by atoms with van der Waals surface area (Å²) in [6.45, 7) is 4.20. The van der Waals surface area contributed by atoms with Crippen molar-refractivity contribution in [2.75, 3.05) is 32.7 Å². The fourth-order valence-corrected chi connectivity index (χ4v) is 4.61. The van der Waals surface area contributed by atoms with E-state index in [0.29, 0.717) is 13.1 Å². The zero-order chi connectivity index (χ0) is 20.4. The molecule has 2 aliphatic heterocycles. The summed E-state index contributed by atoms with van der Waals surface area (Å²) in [5.41, 5.74) is 0.514. The molecule has 3 nitrogen and oxygen atoms in total. The topological polar surface area (TPSA) is 23.6 Å². The molecule has 2 atom stereocenters. The molecular formula is C23H25F3N2O. The molecule has 2 aromatic rings. The Bertz CT molecular complexity index is 847. The predicted octanol–water partition coefficient (Wildman–Crippen LogP) is 4.66. The predicted molar refractivity (Wildman–Crippen MR) is 106 cm³/mol. The van der Waals surface area contributed by atoms with Gasteiger partial charge in [0, 0.05) is 31.1 Å². The van der Waals surface area contributed by atoms with Crippen LogP contribution in [0.4, 0.5) is 13.2 Å². The molecule has 29 heavy (non-hydrogen) atoms. The van der Waals surface area contributed by atoms with Crippen LogP contribution in [0.2, 0.25) is 0 Å². The summed E-state index contributed by atoms with van der Waals surface area (Å²) in [4.78, 5) is 17.2. The van der Waals surface area contributed by atoms with Gasteiger partial charge in [-0.05, 0) is 55.6 Å². The number of halogens is 3. The number of alkyl halides is 3. The minimum absolute atomic E-state index is 0.105. The highest BCUT2D eigenvalue weighted by Crippen LogP contribution is 2.35. The molecular weight excluding hydrogens is 377 g/mol. The number of carbonyl (C=O) groups is 1. The Kier molecular flexibility index (Phi) is 5.63. The van der Waals surface area contributed by atoms with Gasteiger partial charge in [-0.3, -0.25) is 4.79 Å². The smallest absolute Gasteiger partial charge is 0.338 e. The van der Waals surface area contributed by atoms with Crippen molar-refractivity contribution >= 4 is 5.91 Å². The number of hydrogen-bond donors (Lipinski definition) is 0. The summed E-state index contributed by atoms with van der Waals surface area (Å²) in [7, 11) is 0. The molecule has 0 aromatic heterocycles. The van der Waals surface area contributed by atoms with E-state index in [4.69, 9.17) is 0 Å². The number of hydrogen-bond acceptors (Lipinski definition) is 2. The van der Waals surface area contributed by atoms with Gasteiger partial charge in [-0.25, -0.2) is 0 Å². The van der Waals surface area contributed by atoms with E-state index in [9.17, 15) is 18.0 Å². The molecule has 2 saturated heterocycles. The van der Waals surface area contributed by atoms with Crippen LogP contribution in [-0.2, 0) is 6.18 Å². The van der Waals surface area contributed by atoms with E-state index in [2.05, 4.69) is 17.0 Å². The van der Waals surface area contributed by atoms with Gasteiger partial charge in [0.05, 0.1) is 5.56 Å². The zero-order valence-electron chi connectivity index (χ0n) is 16.2. The number of likely N-dealkylation sites (tertiary alicyclic amines) is 2. The van der Waals surface area contributed by atoms with Crippen molar-refractivity contribution in [3.05, 3.63) is 71.3 Å². The maximum atomic E-state index is 13.1. The summed E-state index contributed by atoms with van der Waals surface area (Å²) < 4.78 is 39.2. The van der Waals surface area contributed by atoms with Crippen LogP contribution in [0.25, 0.3) is 0 Å². The van der Waals surface area contributed by atoms with E-state index in [1.807, 2.05) is 18.2 Å². The fraction of sp³-hybridized carbons (Fsp3) is 0.435. The summed E-state index contributed by atoms with van der Waals surface area (Å²) in [6, 6.07) is 14.9. The number of carbonyl (C=O) groups excluding carboxylic acids is 1. The lowest BCUT2D eigenvalue weighted by atomic mass is 9.88. The minimum atomic E-state index is -4.45. The lowest BCUT2D eigenvalue weighted by Gasteiger charge is -2.24. The molecule has 0 spiro atoms. The first-order chi connectivity index (χ1) is 13.9. The average Bonchev–Trinajstić information content (AvgIpc) is 3.38. The van der Waals surface area contributed by atoms with Gasteiger partial charge in [-0.15, -0.1) is 0 Å². The molecule has 2 heterocycles. The quantitative estimate of drug-likeness (QED) is 0.743. The van der Waals surface area contributed by atoms with Gasteiger partial charge in [-0.2, -0.15) is 13.2 Å². The largest absolute Gasteiger partial charge is 0.416 e. The summed E-state index contributed by atoms with van der Waals surface area (Å²) in [6.07, 6.45) is -2.04. The molecule has 154 valence electrons. The van der Waals surface area contributed by atoms with Crippen molar-refractivity contribution in [2.24, 2.45) is 5.92 Å². The van der Waals surface area contributed by atoms with Crippen LogP contribution < -0.4 is 0 Å². The number of benzene rings is 2. The van der Waals surface area contributed by atoms with Crippen molar-refractivity contribution in [2.45, 2.75) is 24.9 Å². The molecule has 2 unspecified atom stereocenters. The third-order valence-corrected chi connectivity index (χ3v) is 6.08. The molecule has 2 aliphatic rings. The second-order valence-corrected chi connectivity index (χ2v) is 8.07. The monoisotopic (exact) mass is 402 g/mol. The average molecular weight is 402 g/mol. The van der Waals surface area contributed by atoms with E-state index in [0.717, 1.165) is 31.8 Å². The van der Waals surface area contributed by atoms with Crippen LogP contribution in [0.15, 0.2) is 54.6 Å². The molecule has 0 radical (unpaired) electrons. The second-order valence-electron chi connectivity index (χ2n) is 8.07. The van der Waals surface area contributed by atoms with E-state index in [-0.39, 0.29) is 23.3 Å². The van der Waals surface area contributed by atoms with Gasteiger partial charge in [0.25, 0.3) is 5.91 Å². The third kappa shape index (κ3) is 4.47. The van der Waals surface area contributed by atoms with Crippen LogP contribution in [0, 0.1) is 5.92 Å². The SMILES string of the molecule is O=C(c1cccc(C(F)(F)F)c1)N1CC(CN2CCCC2)C(c2ccccc2)C1. The van der Waals surface area contributed by atoms with Gasteiger partial charge in [0.1, 0.15) is 0 Å². The molecule has 4 rings (SSSR count). The number of rotatable bonds is 4. The molecule has 1 amide bonds. The van der Waals surface area contributed by atoms with Crippen molar-refractivity contribution in [1.29, 1.82) is 0 Å². The summed E-state index contributed by atoms with van der Waals surface area (Å²) in [5.74, 6) is 0.165. The van der Waals surface area contributed by atoms with Crippen LogP contribution in [0.3, 0.4) is 0 Å². The van der Waals surface area contributed by atoms with Gasteiger partial charge in [-0.1, -0.05) is 36.4 Å². The first-order valence-corrected chi connectivity index (χ1v) is 10.2. The Morgan fingerprint density at radius 1 is 0.966 bits per heavy atom. The molecule has 0 bridgehead atoms. The van der Waals surface area contributed by atoms with Crippen molar-refractivity contribution in [3.63, 3.8) is 0 Å². The van der Waals surface area contributed by atoms with Gasteiger partial charge >= 0.3 is 6.18 Å². The molecule has 6 heteroatoms. The van der Waals surface area contributed by atoms with Crippen molar-refractivity contribution in [3.8, 4) is 0 Å². The van der Waals surface area contributed by atoms with Gasteiger partial charge in [0.2, 0.25) is 0 Å². The van der Waals surface area contributed by atoms with E-state index < -0.39 is 11.7 Å². The molecule has 2 fully saturated rings. The summed E-state index contributed by atoms with van der Waals surface area (Å²) >= 11 is 0.